The van der Waals surface area contributed by atoms with E-state index in [1.54, 1.807) is 4.68 Å². The Kier molecular flexibility index (Phi) is 5.75. The summed E-state index contributed by atoms with van der Waals surface area (Å²) >= 11 is 0. The van der Waals surface area contributed by atoms with E-state index < -0.39 is 0 Å². The Bertz CT molecular complexity index is 1140. The van der Waals surface area contributed by atoms with Crippen LogP contribution in [-0.4, -0.2) is 32.4 Å². The maximum atomic E-state index is 13.0. The molecule has 0 aliphatic heterocycles. The van der Waals surface area contributed by atoms with Crippen molar-refractivity contribution in [2.75, 3.05) is 6.54 Å². The summed E-state index contributed by atoms with van der Waals surface area (Å²) in [5.74, 6) is -0.113. The summed E-state index contributed by atoms with van der Waals surface area (Å²) in [4.78, 5) is 13.0. The molecule has 6 heteroatoms. The summed E-state index contributed by atoms with van der Waals surface area (Å²) in [6.07, 6.45) is 5.37. The van der Waals surface area contributed by atoms with Crippen LogP contribution < -0.4 is 5.32 Å². The highest BCUT2D eigenvalue weighted by Gasteiger charge is 2.18. The zero-order valence-corrected chi connectivity index (χ0v) is 17.2. The van der Waals surface area contributed by atoms with E-state index in [0.29, 0.717) is 17.8 Å². The molecule has 1 amide bonds. The summed E-state index contributed by atoms with van der Waals surface area (Å²) in [5.41, 5.74) is 6.50. The normalized spacial score (nSPS) is 10.9. The third-order valence-corrected chi connectivity index (χ3v) is 5.11. The first kappa shape index (κ1) is 19.6. The minimum absolute atomic E-state index is 0.113. The second kappa shape index (κ2) is 8.78. The summed E-state index contributed by atoms with van der Waals surface area (Å²) in [7, 11) is 0. The first-order valence-corrected chi connectivity index (χ1v) is 10.1. The molecule has 6 nitrogen and oxygen atoms in total. The van der Waals surface area contributed by atoms with Crippen molar-refractivity contribution in [2.24, 2.45) is 0 Å². The smallest absolute Gasteiger partial charge is 0.255 e. The largest absolute Gasteiger partial charge is 0.352 e. The first-order valence-electron chi connectivity index (χ1n) is 10.1. The highest BCUT2D eigenvalue weighted by Crippen LogP contribution is 2.24. The van der Waals surface area contributed by atoms with Crippen molar-refractivity contribution in [1.82, 2.24) is 25.3 Å². The molecule has 152 valence electrons. The molecule has 4 aromatic rings. The number of H-pyrrole nitrogens is 1. The monoisotopic (exact) mass is 399 g/mol. The highest BCUT2D eigenvalue weighted by atomic mass is 16.1. The number of hydrogen-bond acceptors (Lipinski definition) is 3. The van der Waals surface area contributed by atoms with Crippen molar-refractivity contribution >= 4 is 5.91 Å². The number of nitrogens with zero attached hydrogens (tertiary/aromatic N) is 3. The Balaban J connectivity index is 1.55. The van der Waals surface area contributed by atoms with Crippen molar-refractivity contribution in [3.05, 3.63) is 89.4 Å². The molecule has 2 heterocycles. The van der Waals surface area contributed by atoms with E-state index in [2.05, 4.69) is 21.6 Å². The quantitative estimate of drug-likeness (QED) is 0.456. The van der Waals surface area contributed by atoms with Gasteiger partial charge in [-0.15, -0.1) is 0 Å². The van der Waals surface area contributed by atoms with Crippen molar-refractivity contribution < 1.29 is 4.79 Å². The molecule has 0 saturated carbocycles. The van der Waals surface area contributed by atoms with Gasteiger partial charge < -0.3 is 5.32 Å². The van der Waals surface area contributed by atoms with Gasteiger partial charge in [-0.1, -0.05) is 42.0 Å². The molecule has 0 saturated heterocycles. The number of aromatic amines is 1. The van der Waals surface area contributed by atoms with Crippen LogP contribution in [0.15, 0.2) is 67.0 Å². The molecule has 0 bridgehead atoms. The molecule has 0 radical (unpaired) electrons. The van der Waals surface area contributed by atoms with E-state index in [-0.39, 0.29) is 5.91 Å². The van der Waals surface area contributed by atoms with Crippen molar-refractivity contribution in [1.29, 1.82) is 0 Å². The molecular formula is C24H25N5O. The fourth-order valence-corrected chi connectivity index (χ4v) is 3.46. The predicted octanol–water partition coefficient (Wildman–Crippen LogP) is 4.24. The zero-order chi connectivity index (χ0) is 20.9. The molecule has 0 aliphatic carbocycles. The molecule has 0 spiro atoms. The number of carbonyl (C=O) groups excluding carboxylic acids is 1. The molecule has 30 heavy (non-hydrogen) atoms. The maximum absolute atomic E-state index is 13.0. The fraction of sp³-hybridized carbons (Fsp3) is 0.208. The number of aryl methyl sites for hydroxylation is 3. The fourth-order valence-electron chi connectivity index (χ4n) is 3.46. The van der Waals surface area contributed by atoms with Crippen LogP contribution in [0.4, 0.5) is 0 Å². The minimum Gasteiger partial charge on any atom is -0.352 e. The Morgan fingerprint density at radius 2 is 1.93 bits per heavy atom. The van der Waals surface area contributed by atoms with Crippen LogP contribution in [-0.2, 0) is 6.42 Å². The second-order valence-electron chi connectivity index (χ2n) is 7.42. The molecular weight excluding hydrogens is 374 g/mol. The number of nitrogens with one attached hydrogen (secondary N) is 2. The van der Waals surface area contributed by atoms with E-state index in [1.165, 1.54) is 5.56 Å². The second-order valence-corrected chi connectivity index (χ2v) is 7.42. The van der Waals surface area contributed by atoms with E-state index in [4.69, 9.17) is 5.10 Å². The molecule has 2 aromatic carbocycles. The molecule has 0 aliphatic rings. The van der Waals surface area contributed by atoms with Crippen LogP contribution in [0.1, 0.15) is 33.6 Å². The summed E-state index contributed by atoms with van der Waals surface area (Å²) < 4.78 is 1.77. The predicted molar refractivity (Wildman–Crippen MR) is 118 cm³/mol. The van der Waals surface area contributed by atoms with Gasteiger partial charge in [-0.2, -0.15) is 10.2 Å². The van der Waals surface area contributed by atoms with Crippen LogP contribution in [0.25, 0.3) is 16.9 Å². The Morgan fingerprint density at radius 3 is 2.67 bits per heavy atom. The van der Waals surface area contributed by atoms with Gasteiger partial charge in [0, 0.05) is 24.0 Å². The van der Waals surface area contributed by atoms with Gasteiger partial charge in [0.25, 0.3) is 5.91 Å². The molecule has 2 aromatic heterocycles. The van der Waals surface area contributed by atoms with Gasteiger partial charge in [0.05, 0.1) is 17.4 Å². The number of aromatic nitrogens is 4. The number of amides is 1. The Morgan fingerprint density at radius 1 is 1.10 bits per heavy atom. The van der Waals surface area contributed by atoms with Crippen LogP contribution in [0.5, 0.6) is 0 Å². The van der Waals surface area contributed by atoms with Crippen LogP contribution in [0, 0.1) is 13.8 Å². The van der Waals surface area contributed by atoms with Crippen molar-refractivity contribution in [2.45, 2.75) is 26.7 Å². The average Bonchev–Trinajstić information content (AvgIpc) is 3.38. The van der Waals surface area contributed by atoms with E-state index >= 15 is 0 Å². The van der Waals surface area contributed by atoms with Crippen molar-refractivity contribution in [3.8, 4) is 16.9 Å². The van der Waals surface area contributed by atoms with Crippen LogP contribution in [0.3, 0.4) is 0 Å². The van der Waals surface area contributed by atoms with Gasteiger partial charge in [0.1, 0.15) is 5.69 Å². The number of carbonyl (C=O) groups is 1. The zero-order valence-electron chi connectivity index (χ0n) is 17.2. The summed E-state index contributed by atoms with van der Waals surface area (Å²) in [6, 6.07) is 17.9. The summed E-state index contributed by atoms with van der Waals surface area (Å²) in [5, 5.41) is 14.8. The lowest BCUT2D eigenvalue weighted by atomic mass is 10.1. The average molecular weight is 399 g/mol. The lowest BCUT2D eigenvalue weighted by Crippen LogP contribution is -2.25. The molecule has 4 rings (SSSR count). The molecule has 2 N–H and O–H groups in total. The topological polar surface area (TPSA) is 75.6 Å². The standard InChI is InChI=1S/C24H25N5O/c1-17-8-6-9-19(14-17)23-22(16-29(28-23)21-11-4-3-5-12-21)24(30)25-13-7-10-20-15-26-27-18(20)2/h3-6,8-9,11-12,14-16H,7,10,13H2,1-2H3,(H,25,30)(H,26,27). The Labute approximate surface area is 176 Å². The Hall–Kier alpha value is -3.67. The SMILES string of the molecule is Cc1cccc(-c2nn(-c3ccccc3)cc2C(=O)NCCCc2cn[nH]c2C)c1. The summed E-state index contributed by atoms with van der Waals surface area (Å²) in [6.45, 7) is 4.63. The van der Waals surface area contributed by atoms with Gasteiger partial charge >= 0.3 is 0 Å². The number of para-hydroxylation sites is 1. The van der Waals surface area contributed by atoms with Gasteiger partial charge in [0.15, 0.2) is 0 Å². The van der Waals surface area contributed by atoms with Crippen LogP contribution >= 0.6 is 0 Å². The molecule has 0 fully saturated rings. The van der Waals surface area contributed by atoms with Crippen molar-refractivity contribution in [3.63, 3.8) is 0 Å². The number of rotatable bonds is 7. The van der Waals surface area contributed by atoms with E-state index in [0.717, 1.165) is 35.3 Å². The minimum atomic E-state index is -0.113. The maximum Gasteiger partial charge on any atom is 0.255 e. The molecule has 0 unspecified atom stereocenters. The third-order valence-electron chi connectivity index (χ3n) is 5.11. The van der Waals surface area contributed by atoms with Gasteiger partial charge in [0.2, 0.25) is 0 Å². The molecule has 0 atom stereocenters. The number of benzene rings is 2. The van der Waals surface area contributed by atoms with Gasteiger partial charge in [-0.3, -0.25) is 9.89 Å². The highest BCUT2D eigenvalue weighted by molar-refractivity contribution is 6.00. The number of hydrogen-bond donors (Lipinski definition) is 2. The van der Waals surface area contributed by atoms with E-state index in [9.17, 15) is 4.79 Å². The van der Waals surface area contributed by atoms with E-state index in [1.807, 2.05) is 74.8 Å². The lowest BCUT2D eigenvalue weighted by Gasteiger charge is -2.06. The first-order chi connectivity index (χ1) is 14.6. The van der Waals surface area contributed by atoms with Crippen LogP contribution in [0.2, 0.25) is 0 Å². The lowest BCUT2D eigenvalue weighted by molar-refractivity contribution is 0.0954. The van der Waals surface area contributed by atoms with Gasteiger partial charge in [-0.25, -0.2) is 4.68 Å². The van der Waals surface area contributed by atoms with Gasteiger partial charge in [-0.05, 0) is 50.5 Å². The third kappa shape index (κ3) is 4.33.